The molecule has 0 radical (unpaired) electrons. The normalized spacial score (nSPS) is 21.0. The van der Waals surface area contributed by atoms with Gasteiger partial charge in [0.25, 0.3) is 5.91 Å². The molecule has 7 heteroatoms. The Morgan fingerprint density at radius 2 is 1.91 bits per heavy atom. The average molecular weight is 474 g/mol. The molecule has 1 spiro atoms. The highest BCUT2D eigenvalue weighted by molar-refractivity contribution is 7.10. The van der Waals surface area contributed by atoms with Gasteiger partial charge in [-0.1, -0.05) is 36.4 Å². The van der Waals surface area contributed by atoms with Crippen LogP contribution in [-0.2, 0) is 14.9 Å². The third-order valence-corrected chi connectivity index (χ3v) is 7.86. The maximum Gasteiger partial charge on any atom is 0.270 e. The maximum absolute atomic E-state index is 13.0. The molecule has 1 fully saturated rings. The van der Waals surface area contributed by atoms with Crippen LogP contribution < -0.4 is 5.32 Å². The Bertz CT molecular complexity index is 1180. The number of benzene rings is 1. The standard InChI is InChI=1S/C27H27N3O3S/c1-33-25-24(29-26(32)22-10-4-5-15-28-22)20-8-2-3-9-21(20)27(25)13-16-30(17-14-27)23(31)12-11-19-7-6-18-34-19/h2-12,15,18,24-25H,13-14,16-17H2,1H3,(H,29,32)/b12-11+/t24-,25+/m0/s1. The molecule has 3 aromatic rings. The number of hydrogen-bond acceptors (Lipinski definition) is 5. The summed E-state index contributed by atoms with van der Waals surface area (Å²) in [5.74, 6) is -0.186. The molecule has 1 aliphatic carbocycles. The minimum Gasteiger partial charge on any atom is -0.378 e. The summed E-state index contributed by atoms with van der Waals surface area (Å²) in [6.07, 6.45) is 6.48. The zero-order valence-electron chi connectivity index (χ0n) is 19.0. The van der Waals surface area contributed by atoms with Crippen molar-refractivity contribution in [1.29, 1.82) is 0 Å². The Labute approximate surface area is 203 Å². The fraction of sp³-hybridized carbons (Fsp3) is 0.296. The molecular formula is C27H27N3O3S. The molecule has 2 aromatic heterocycles. The van der Waals surface area contributed by atoms with Crippen molar-refractivity contribution in [2.75, 3.05) is 20.2 Å². The number of amides is 2. The smallest absolute Gasteiger partial charge is 0.270 e. The number of likely N-dealkylation sites (tertiary alicyclic amines) is 1. The number of nitrogens with one attached hydrogen (secondary N) is 1. The van der Waals surface area contributed by atoms with E-state index in [1.165, 1.54) is 5.56 Å². The molecular weight excluding hydrogens is 446 g/mol. The molecule has 2 atom stereocenters. The van der Waals surface area contributed by atoms with Crippen molar-refractivity contribution in [3.63, 3.8) is 0 Å². The highest BCUT2D eigenvalue weighted by Gasteiger charge is 2.54. The highest BCUT2D eigenvalue weighted by atomic mass is 32.1. The van der Waals surface area contributed by atoms with Crippen molar-refractivity contribution >= 4 is 29.2 Å². The molecule has 1 saturated heterocycles. The maximum atomic E-state index is 13.0. The van der Waals surface area contributed by atoms with Crippen molar-refractivity contribution < 1.29 is 14.3 Å². The van der Waals surface area contributed by atoms with Gasteiger partial charge in [0.05, 0.1) is 12.1 Å². The number of hydrogen-bond donors (Lipinski definition) is 1. The number of carbonyl (C=O) groups excluding carboxylic acids is 2. The number of rotatable bonds is 5. The van der Waals surface area contributed by atoms with Gasteiger partial charge in [0.1, 0.15) is 5.69 Å². The lowest BCUT2D eigenvalue weighted by atomic mass is 9.72. The monoisotopic (exact) mass is 473 g/mol. The first-order valence-corrected chi connectivity index (χ1v) is 12.3. The summed E-state index contributed by atoms with van der Waals surface area (Å²) in [5.41, 5.74) is 2.40. The van der Waals surface area contributed by atoms with Crippen LogP contribution in [0.3, 0.4) is 0 Å². The van der Waals surface area contributed by atoms with E-state index in [2.05, 4.69) is 22.4 Å². The van der Waals surface area contributed by atoms with E-state index in [4.69, 9.17) is 4.74 Å². The largest absolute Gasteiger partial charge is 0.378 e. The van der Waals surface area contributed by atoms with Crippen LogP contribution >= 0.6 is 11.3 Å². The van der Waals surface area contributed by atoms with Gasteiger partial charge >= 0.3 is 0 Å². The van der Waals surface area contributed by atoms with Crippen LogP contribution in [0.15, 0.2) is 72.3 Å². The molecule has 1 N–H and O–H groups in total. The van der Waals surface area contributed by atoms with Gasteiger partial charge < -0.3 is 15.0 Å². The van der Waals surface area contributed by atoms with E-state index in [0.29, 0.717) is 18.8 Å². The quantitative estimate of drug-likeness (QED) is 0.564. The van der Waals surface area contributed by atoms with Crippen molar-refractivity contribution in [1.82, 2.24) is 15.2 Å². The summed E-state index contributed by atoms with van der Waals surface area (Å²) < 4.78 is 6.08. The third kappa shape index (κ3) is 4.06. The first kappa shape index (κ1) is 22.5. The number of methoxy groups -OCH3 is 1. The lowest BCUT2D eigenvalue weighted by Crippen LogP contribution is -2.51. The topological polar surface area (TPSA) is 71.5 Å². The van der Waals surface area contributed by atoms with E-state index in [1.807, 2.05) is 40.6 Å². The molecule has 0 unspecified atom stereocenters. The Morgan fingerprint density at radius 1 is 1.12 bits per heavy atom. The SMILES string of the molecule is CO[C@@H]1[C@@H](NC(=O)c2ccccn2)c2ccccc2C12CCN(C(=O)/C=C/c1cccs1)CC2. The van der Waals surface area contributed by atoms with Crippen molar-refractivity contribution in [3.05, 3.63) is 93.9 Å². The molecule has 6 nitrogen and oxygen atoms in total. The van der Waals surface area contributed by atoms with Gasteiger partial charge in [0.2, 0.25) is 5.91 Å². The second kappa shape index (κ2) is 9.52. The number of fused-ring (bicyclic) bond motifs is 2. The third-order valence-electron chi connectivity index (χ3n) is 7.02. The van der Waals surface area contributed by atoms with Gasteiger partial charge in [-0.05, 0) is 53.6 Å². The second-order valence-electron chi connectivity index (χ2n) is 8.74. The van der Waals surface area contributed by atoms with Gasteiger partial charge in [-0.25, -0.2) is 0 Å². The van der Waals surface area contributed by atoms with Crippen LogP contribution in [0.4, 0.5) is 0 Å². The molecule has 5 rings (SSSR count). The minimum absolute atomic E-state index is 0.0310. The van der Waals surface area contributed by atoms with E-state index in [9.17, 15) is 9.59 Å². The van der Waals surface area contributed by atoms with Crippen LogP contribution in [0, 0.1) is 0 Å². The van der Waals surface area contributed by atoms with Crippen LogP contribution in [0.25, 0.3) is 6.08 Å². The summed E-state index contributed by atoms with van der Waals surface area (Å²) in [7, 11) is 1.71. The van der Waals surface area contributed by atoms with E-state index in [1.54, 1.807) is 48.9 Å². The number of carbonyl (C=O) groups is 2. The summed E-state index contributed by atoms with van der Waals surface area (Å²) >= 11 is 1.61. The summed E-state index contributed by atoms with van der Waals surface area (Å²) in [5, 5.41) is 5.18. The summed E-state index contributed by atoms with van der Waals surface area (Å²) in [6.45, 7) is 1.28. The molecule has 1 aliphatic heterocycles. The van der Waals surface area contributed by atoms with Crippen LogP contribution in [0.1, 0.15) is 45.4 Å². The predicted molar refractivity (Wildman–Crippen MR) is 133 cm³/mol. The molecule has 0 bridgehead atoms. The van der Waals surface area contributed by atoms with Crippen LogP contribution in [-0.4, -0.2) is 48.0 Å². The van der Waals surface area contributed by atoms with Crippen molar-refractivity contribution in [2.45, 2.75) is 30.4 Å². The number of aromatic nitrogens is 1. The lowest BCUT2D eigenvalue weighted by molar-refractivity contribution is -0.128. The molecule has 3 heterocycles. The van der Waals surface area contributed by atoms with Crippen molar-refractivity contribution in [2.24, 2.45) is 0 Å². The number of nitrogens with zero attached hydrogens (tertiary/aromatic N) is 2. The summed E-state index contributed by atoms with van der Waals surface area (Å²) in [4.78, 5) is 32.9. The van der Waals surface area contributed by atoms with Crippen LogP contribution in [0.5, 0.6) is 0 Å². The second-order valence-corrected chi connectivity index (χ2v) is 9.72. The molecule has 0 saturated carbocycles. The lowest BCUT2D eigenvalue weighted by Gasteiger charge is -2.43. The molecule has 2 amide bonds. The zero-order valence-corrected chi connectivity index (χ0v) is 19.8. The van der Waals surface area contributed by atoms with E-state index < -0.39 is 0 Å². The fourth-order valence-electron chi connectivity index (χ4n) is 5.41. The Balaban J connectivity index is 1.36. The molecule has 174 valence electrons. The van der Waals surface area contributed by atoms with Crippen molar-refractivity contribution in [3.8, 4) is 0 Å². The molecule has 1 aromatic carbocycles. The Hall–Kier alpha value is -3.29. The number of thiophene rings is 1. The van der Waals surface area contributed by atoms with E-state index >= 15 is 0 Å². The fourth-order valence-corrected chi connectivity index (χ4v) is 6.03. The highest BCUT2D eigenvalue weighted by Crippen LogP contribution is 2.52. The van der Waals surface area contributed by atoms with Gasteiger partial charge in [-0.2, -0.15) is 0 Å². The Kier molecular flexibility index (Phi) is 6.30. The first-order chi connectivity index (χ1) is 16.6. The Morgan fingerprint density at radius 3 is 2.62 bits per heavy atom. The zero-order chi connectivity index (χ0) is 23.5. The van der Waals surface area contributed by atoms with Gasteiger partial charge in [-0.15, -0.1) is 11.3 Å². The first-order valence-electron chi connectivity index (χ1n) is 11.5. The number of piperidine rings is 1. The summed E-state index contributed by atoms with van der Waals surface area (Å²) in [6, 6.07) is 17.2. The van der Waals surface area contributed by atoms with E-state index in [-0.39, 0.29) is 29.4 Å². The van der Waals surface area contributed by atoms with Gasteiger partial charge in [-0.3, -0.25) is 14.6 Å². The average Bonchev–Trinajstić information content (AvgIpc) is 3.49. The number of ether oxygens (including phenoxy) is 1. The van der Waals surface area contributed by atoms with E-state index in [0.717, 1.165) is 23.3 Å². The van der Waals surface area contributed by atoms with Gasteiger partial charge in [0.15, 0.2) is 0 Å². The predicted octanol–water partition coefficient (Wildman–Crippen LogP) is 4.22. The minimum atomic E-state index is -0.281. The molecule has 34 heavy (non-hydrogen) atoms. The van der Waals surface area contributed by atoms with Crippen LogP contribution in [0.2, 0.25) is 0 Å². The molecule has 2 aliphatic rings. The number of pyridine rings is 1. The van der Waals surface area contributed by atoms with Gasteiger partial charge in [0, 0.05) is 42.8 Å².